The van der Waals surface area contributed by atoms with Gasteiger partial charge in [0.15, 0.2) is 17.4 Å². The average molecular weight is 419 g/mol. The highest BCUT2D eigenvalue weighted by molar-refractivity contribution is 6.09. The monoisotopic (exact) mass is 419 g/mol. The lowest BCUT2D eigenvalue weighted by atomic mass is 10.0. The zero-order valence-electron chi connectivity index (χ0n) is 17.1. The summed E-state index contributed by atoms with van der Waals surface area (Å²) in [4.78, 5) is 32.0. The number of anilines is 2. The van der Waals surface area contributed by atoms with Crippen LogP contribution in [0.2, 0.25) is 0 Å². The van der Waals surface area contributed by atoms with Gasteiger partial charge in [-0.2, -0.15) is 0 Å². The Kier molecular flexibility index (Phi) is 5.44. The number of carbonyl (C=O) groups excluding carboxylic acids is 2. The van der Waals surface area contributed by atoms with Crippen molar-refractivity contribution in [2.24, 2.45) is 0 Å². The van der Waals surface area contributed by atoms with Crippen LogP contribution >= 0.6 is 0 Å². The maximum atomic E-state index is 13.3. The molecular formula is C23H21N3O5. The number of aromatic nitrogens is 1. The molecule has 8 nitrogen and oxygen atoms in total. The van der Waals surface area contributed by atoms with Crippen molar-refractivity contribution in [2.45, 2.75) is 6.10 Å². The van der Waals surface area contributed by atoms with E-state index in [1.807, 2.05) is 18.2 Å². The molecule has 2 heterocycles. The van der Waals surface area contributed by atoms with Crippen molar-refractivity contribution in [2.75, 3.05) is 31.4 Å². The molecule has 2 N–H and O–H groups in total. The predicted molar refractivity (Wildman–Crippen MR) is 115 cm³/mol. The van der Waals surface area contributed by atoms with Crippen molar-refractivity contribution in [3.63, 3.8) is 0 Å². The van der Waals surface area contributed by atoms with Crippen molar-refractivity contribution in [3.05, 3.63) is 71.8 Å². The molecule has 0 saturated heterocycles. The minimum Gasteiger partial charge on any atom is -0.497 e. The van der Waals surface area contributed by atoms with Crippen molar-refractivity contribution >= 4 is 23.3 Å². The van der Waals surface area contributed by atoms with E-state index in [2.05, 4.69) is 4.98 Å². The van der Waals surface area contributed by atoms with Gasteiger partial charge in [0.2, 0.25) is 6.10 Å². The van der Waals surface area contributed by atoms with Crippen LogP contribution in [0.4, 0.5) is 11.6 Å². The Balaban J connectivity index is 1.71. The first kappa shape index (κ1) is 20.2. The normalized spacial score (nSPS) is 15.1. The maximum absolute atomic E-state index is 13.3. The SMILES string of the molecule is COc1ccc(C(=O)CN2C(=O)C(c3ccccc3)Oc3ccc(N)nc32)c(OC)c1. The average Bonchev–Trinajstić information content (AvgIpc) is 2.80. The van der Waals surface area contributed by atoms with E-state index in [1.165, 1.54) is 19.1 Å². The fourth-order valence-corrected chi connectivity index (χ4v) is 3.41. The number of ketones is 1. The van der Waals surface area contributed by atoms with E-state index < -0.39 is 12.0 Å². The Bertz CT molecular complexity index is 1130. The first-order chi connectivity index (χ1) is 15.0. The lowest BCUT2D eigenvalue weighted by Crippen LogP contribution is -2.44. The van der Waals surface area contributed by atoms with E-state index in [-0.39, 0.29) is 24.0 Å². The van der Waals surface area contributed by atoms with E-state index in [0.717, 1.165) is 0 Å². The number of nitrogens with zero attached hydrogens (tertiary/aromatic N) is 2. The highest BCUT2D eigenvalue weighted by Gasteiger charge is 2.38. The smallest absolute Gasteiger partial charge is 0.274 e. The summed E-state index contributed by atoms with van der Waals surface area (Å²) in [7, 11) is 2.99. The molecule has 31 heavy (non-hydrogen) atoms. The standard InChI is InChI=1S/C23H21N3O5/c1-29-15-8-9-16(19(12-15)30-2)17(27)13-26-22-18(10-11-20(24)25-22)31-21(23(26)28)14-6-4-3-5-7-14/h3-12,21H,13H2,1-2H3,(H2,24,25). The molecule has 1 unspecified atom stereocenters. The number of nitrogens with two attached hydrogens (primary N) is 1. The Hall–Kier alpha value is -4.07. The number of rotatable bonds is 6. The first-order valence-electron chi connectivity index (χ1n) is 9.56. The molecule has 3 aromatic rings. The van der Waals surface area contributed by atoms with Crippen LogP contribution in [0.1, 0.15) is 22.0 Å². The maximum Gasteiger partial charge on any atom is 0.274 e. The van der Waals surface area contributed by atoms with Gasteiger partial charge in [0.25, 0.3) is 5.91 Å². The molecule has 8 heteroatoms. The molecule has 1 aliphatic heterocycles. The zero-order chi connectivity index (χ0) is 22.0. The molecule has 0 aliphatic carbocycles. The Labute approximate surface area is 179 Å². The number of carbonyl (C=O) groups is 2. The van der Waals surface area contributed by atoms with Crippen LogP contribution in [-0.4, -0.2) is 37.4 Å². The third kappa shape index (κ3) is 3.87. The lowest BCUT2D eigenvalue weighted by Gasteiger charge is -2.33. The first-order valence-corrected chi connectivity index (χ1v) is 9.56. The van der Waals surface area contributed by atoms with Gasteiger partial charge < -0.3 is 19.9 Å². The minimum atomic E-state index is -0.898. The zero-order valence-corrected chi connectivity index (χ0v) is 17.1. The van der Waals surface area contributed by atoms with Gasteiger partial charge in [-0.05, 0) is 24.3 Å². The number of fused-ring (bicyclic) bond motifs is 1. The summed E-state index contributed by atoms with van der Waals surface area (Å²) in [6.07, 6.45) is -0.898. The number of benzene rings is 2. The van der Waals surface area contributed by atoms with Gasteiger partial charge in [0, 0.05) is 11.6 Å². The number of amides is 1. The van der Waals surface area contributed by atoms with Gasteiger partial charge in [-0.25, -0.2) is 4.98 Å². The van der Waals surface area contributed by atoms with Gasteiger partial charge in [0.1, 0.15) is 17.3 Å². The van der Waals surface area contributed by atoms with Crippen LogP contribution in [0.15, 0.2) is 60.7 Å². The van der Waals surface area contributed by atoms with E-state index in [0.29, 0.717) is 28.4 Å². The van der Waals surface area contributed by atoms with Gasteiger partial charge in [-0.3, -0.25) is 14.5 Å². The third-order valence-corrected chi connectivity index (χ3v) is 4.96. The predicted octanol–water partition coefficient (Wildman–Crippen LogP) is 3.03. The summed E-state index contributed by atoms with van der Waals surface area (Å²) in [5, 5.41) is 0. The van der Waals surface area contributed by atoms with Gasteiger partial charge in [0.05, 0.1) is 26.3 Å². The van der Waals surface area contributed by atoms with E-state index in [1.54, 1.807) is 42.5 Å². The van der Waals surface area contributed by atoms with E-state index in [4.69, 9.17) is 19.9 Å². The molecule has 1 aliphatic rings. The van der Waals surface area contributed by atoms with E-state index in [9.17, 15) is 9.59 Å². The quantitative estimate of drug-likeness (QED) is 0.613. The van der Waals surface area contributed by atoms with Crippen LogP contribution in [-0.2, 0) is 4.79 Å². The molecule has 0 radical (unpaired) electrons. The summed E-state index contributed by atoms with van der Waals surface area (Å²) < 4.78 is 16.4. The van der Waals surface area contributed by atoms with Crippen LogP contribution in [0.5, 0.6) is 17.2 Å². The molecule has 0 spiro atoms. The van der Waals surface area contributed by atoms with Crippen LogP contribution < -0.4 is 24.8 Å². The second kappa shape index (κ2) is 8.35. The van der Waals surface area contributed by atoms with Crippen LogP contribution in [0.3, 0.4) is 0 Å². The third-order valence-electron chi connectivity index (χ3n) is 4.96. The molecule has 0 fully saturated rings. The molecule has 2 aromatic carbocycles. The summed E-state index contributed by atoms with van der Waals surface area (Å²) >= 11 is 0. The second-order valence-electron chi connectivity index (χ2n) is 6.88. The van der Waals surface area contributed by atoms with Crippen LogP contribution in [0, 0.1) is 0 Å². The Morgan fingerprint density at radius 2 is 1.87 bits per heavy atom. The molecule has 4 rings (SSSR count). The molecule has 0 bridgehead atoms. The molecule has 158 valence electrons. The molecule has 0 saturated carbocycles. The van der Waals surface area contributed by atoms with Crippen molar-refractivity contribution in [1.82, 2.24) is 4.98 Å². The molecule has 1 amide bonds. The lowest BCUT2D eigenvalue weighted by molar-refractivity contribution is -0.126. The number of Topliss-reactive ketones (excluding diaryl/α,β-unsaturated/α-hetero) is 1. The van der Waals surface area contributed by atoms with Crippen molar-refractivity contribution in [1.29, 1.82) is 0 Å². The Morgan fingerprint density at radius 1 is 1.10 bits per heavy atom. The molecule has 1 aromatic heterocycles. The minimum absolute atomic E-state index is 0.206. The highest BCUT2D eigenvalue weighted by atomic mass is 16.5. The number of pyridine rings is 1. The van der Waals surface area contributed by atoms with Gasteiger partial charge in [-0.1, -0.05) is 30.3 Å². The fraction of sp³-hybridized carbons (Fsp3) is 0.174. The number of hydrogen-bond acceptors (Lipinski definition) is 7. The largest absolute Gasteiger partial charge is 0.497 e. The number of ether oxygens (including phenoxy) is 3. The summed E-state index contributed by atoms with van der Waals surface area (Å²) in [6, 6.07) is 17.2. The van der Waals surface area contributed by atoms with Crippen molar-refractivity contribution < 1.29 is 23.8 Å². The van der Waals surface area contributed by atoms with Crippen molar-refractivity contribution in [3.8, 4) is 17.2 Å². The molecular weight excluding hydrogens is 398 g/mol. The van der Waals surface area contributed by atoms with Gasteiger partial charge >= 0.3 is 0 Å². The highest BCUT2D eigenvalue weighted by Crippen LogP contribution is 2.38. The van der Waals surface area contributed by atoms with E-state index >= 15 is 0 Å². The topological polar surface area (TPSA) is 104 Å². The Morgan fingerprint density at radius 3 is 2.58 bits per heavy atom. The summed E-state index contributed by atoms with van der Waals surface area (Å²) in [5.74, 6) is 0.975. The molecule has 1 atom stereocenters. The number of nitrogen functional groups attached to an aromatic ring is 1. The second-order valence-corrected chi connectivity index (χ2v) is 6.88. The number of methoxy groups -OCH3 is 2. The fourth-order valence-electron chi connectivity index (χ4n) is 3.41. The summed E-state index contributed by atoms with van der Waals surface area (Å²) in [5.41, 5.74) is 6.83. The summed E-state index contributed by atoms with van der Waals surface area (Å²) in [6.45, 7) is -0.252. The number of hydrogen-bond donors (Lipinski definition) is 1. The van der Waals surface area contributed by atoms with Gasteiger partial charge in [-0.15, -0.1) is 0 Å². The van der Waals surface area contributed by atoms with Crippen LogP contribution in [0.25, 0.3) is 0 Å².